The van der Waals surface area contributed by atoms with Gasteiger partial charge in [0.15, 0.2) is 12.0 Å². The van der Waals surface area contributed by atoms with Gasteiger partial charge in [0.1, 0.15) is 25.1 Å². The number of benzene rings is 2. The molecule has 2 aromatic heterocycles. The van der Waals surface area contributed by atoms with Gasteiger partial charge in [0.2, 0.25) is 5.72 Å². The number of esters is 1. The van der Waals surface area contributed by atoms with E-state index in [1.165, 1.54) is 24.5 Å². The lowest BCUT2D eigenvalue weighted by Crippen LogP contribution is -2.44. The highest BCUT2D eigenvalue weighted by Crippen LogP contribution is 2.46. The predicted molar refractivity (Wildman–Crippen MR) is 140 cm³/mol. The van der Waals surface area contributed by atoms with Crippen molar-refractivity contribution in [2.45, 2.75) is 24.1 Å². The van der Waals surface area contributed by atoms with Crippen LogP contribution in [0.15, 0.2) is 71.4 Å². The number of carbonyl (C=O) groups is 2. The number of rotatable bonds is 7. The van der Waals surface area contributed by atoms with Gasteiger partial charge in [0.25, 0.3) is 5.91 Å². The molecule has 3 heterocycles. The molecule has 0 unspecified atom stereocenters. The van der Waals surface area contributed by atoms with Crippen molar-refractivity contribution in [2.24, 2.45) is 5.11 Å². The van der Waals surface area contributed by atoms with Gasteiger partial charge in [-0.1, -0.05) is 41.0 Å². The molecule has 11 nitrogen and oxygen atoms in total. The van der Waals surface area contributed by atoms with Crippen LogP contribution < -0.4 is 5.32 Å². The molecule has 4 aromatic rings. The second-order valence-electron chi connectivity index (χ2n) is 8.46. The lowest BCUT2D eigenvalue weighted by molar-refractivity contribution is -0.111. The van der Waals surface area contributed by atoms with Gasteiger partial charge >= 0.3 is 5.97 Å². The van der Waals surface area contributed by atoms with Crippen molar-refractivity contribution in [1.29, 1.82) is 0 Å². The molecule has 198 valence electrons. The summed E-state index contributed by atoms with van der Waals surface area (Å²) in [4.78, 5) is 36.2. The monoisotopic (exact) mass is 568 g/mol. The van der Waals surface area contributed by atoms with Crippen molar-refractivity contribution < 1.29 is 28.6 Å². The second kappa shape index (κ2) is 10.9. The first-order valence-corrected chi connectivity index (χ1v) is 12.7. The summed E-state index contributed by atoms with van der Waals surface area (Å²) in [5, 5.41) is 18.8. The number of aromatic nitrogens is 2. The molecular formula is C25H18ClFN6O5S. The van der Waals surface area contributed by atoms with Gasteiger partial charge in [-0.15, -0.1) is 11.3 Å². The number of hydrogen-bond acceptors (Lipinski definition) is 9. The number of halogens is 2. The van der Waals surface area contributed by atoms with Crippen molar-refractivity contribution in [1.82, 2.24) is 9.97 Å². The number of ether oxygens (including phenoxy) is 2. The SMILES string of the molecule is [N-]=[N+]=N[C@]1(COC(=O)c2cccc(Cl)c2)O[C@@H](c2csc3c(NC(=O)c4ccccc4)ncnc23)[C@H](F)[C@@H]1O. The minimum absolute atomic E-state index is 0.102. The Morgan fingerprint density at radius 2 is 2.00 bits per heavy atom. The van der Waals surface area contributed by atoms with Gasteiger partial charge in [-0.25, -0.2) is 19.2 Å². The van der Waals surface area contributed by atoms with E-state index in [1.54, 1.807) is 41.8 Å². The molecule has 0 bridgehead atoms. The van der Waals surface area contributed by atoms with E-state index < -0.39 is 42.6 Å². The number of alkyl halides is 1. The summed E-state index contributed by atoms with van der Waals surface area (Å²) >= 11 is 7.04. The Kier molecular flexibility index (Phi) is 7.42. The molecule has 0 saturated carbocycles. The minimum Gasteiger partial charge on any atom is -0.459 e. The topological polar surface area (TPSA) is 159 Å². The summed E-state index contributed by atoms with van der Waals surface area (Å²) in [6.07, 6.45) is -4.28. The zero-order valence-corrected chi connectivity index (χ0v) is 21.3. The number of aliphatic hydroxyl groups excluding tert-OH is 1. The van der Waals surface area contributed by atoms with E-state index in [9.17, 15) is 14.7 Å². The summed E-state index contributed by atoms with van der Waals surface area (Å²) in [7, 11) is 0. The first-order valence-electron chi connectivity index (χ1n) is 11.4. The van der Waals surface area contributed by atoms with E-state index in [-0.39, 0.29) is 22.5 Å². The van der Waals surface area contributed by atoms with Crippen LogP contribution in [0.3, 0.4) is 0 Å². The van der Waals surface area contributed by atoms with Crippen LogP contribution in [0.2, 0.25) is 5.02 Å². The molecule has 4 atom stereocenters. The second-order valence-corrected chi connectivity index (χ2v) is 9.78. The third kappa shape index (κ3) is 5.13. The molecule has 1 aliphatic rings. The number of nitrogens with one attached hydrogen (secondary N) is 1. The summed E-state index contributed by atoms with van der Waals surface area (Å²) in [6.45, 7) is -0.768. The highest BCUT2D eigenvalue weighted by molar-refractivity contribution is 7.18. The zero-order chi connectivity index (χ0) is 27.6. The Hall–Kier alpha value is -4.13. The van der Waals surface area contributed by atoms with Crippen LogP contribution in [0.1, 0.15) is 32.4 Å². The lowest BCUT2D eigenvalue weighted by Gasteiger charge is -2.26. The smallest absolute Gasteiger partial charge is 0.338 e. The number of carbonyl (C=O) groups excluding carboxylic acids is 2. The maximum atomic E-state index is 15.5. The molecule has 0 aliphatic carbocycles. The number of aliphatic hydroxyl groups is 1. The Balaban J connectivity index is 1.41. The fraction of sp³-hybridized carbons (Fsp3) is 0.200. The van der Waals surface area contributed by atoms with Gasteiger partial charge in [-0.3, -0.25) is 4.79 Å². The summed E-state index contributed by atoms with van der Waals surface area (Å²) in [6, 6.07) is 14.4. The fourth-order valence-electron chi connectivity index (χ4n) is 4.11. The van der Waals surface area contributed by atoms with Gasteiger partial charge in [-0.05, 0) is 41.2 Å². The molecule has 2 N–H and O–H groups in total. The van der Waals surface area contributed by atoms with E-state index >= 15 is 4.39 Å². The van der Waals surface area contributed by atoms with Crippen LogP contribution in [-0.4, -0.2) is 51.6 Å². The maximum Gasteiger partial charge on any atom is 0.338 e. The van der Waals surface area contributed by atoms with Crippen molar-refractivity contribution in [3.8, 4) is 0 Å². The van der Waals surface area contributed by atoms with Gasteiger partial charge in [0, 0.05) is 21.1 Å². The molecular weight excluding hydrogens is 551 g/mol. The van der Waals surface area contributed by atoms with Crippen LogP contribution in [0.25, 0.3) is 20.7 Å². The van der Waals surface area contributed by atoms with Crippen LogP contribution in [0.4, 0.5) is 10.2 Å². The fourth-order valence-corrected chi connectivity index (χ4v) is 5.29. The Bertz CT molecular complexity index is 1600. The van der Waals surface area contributed by atoms with Gasteiger partial charge < -0.3 is 19.9 Å². The number of amides is 1. The molecule has 1 aliphatic heterocycles. The van der Waals surface area contributed by atoms with E-state index in [0.717, 1.165) is 11.3 Å². The molecule has 1 saturated heterocycles. The molecule has 14 heteroatoms. The average molecular weight is 569 g/mol. The molecule has 5 rings (SSSR count). The average Bonchev–Trinajstić information content (AvgIpc) is 3.48. The number of hydrogen-bond donors (Lipinski definition) is 2. The van der Waals surface area contributed by atoms with E-state index in [1.807, 2.05) is 0 Å². The molecule has 0 radical (unpaired) electrons. The van der Waals surface area contributed by atoms with Crippen molar-refractivity contribution >= 4 is 50.8 Å². The van der Waals surface area contributed by atoms with Crippen LogP contribution >= 0.6 is 22.9 Å². The molecule has 1 fully saturated rings. The molecule has 39 heavy (non-hydrogen) atoms. The number of nitrogens with zero attached hydrogens (tertiary/aromatic N) is 5. The van der Waals surface area contributed by atoms with Crippen molar-refractivity contribution in [3.63, 3.8) is 0 Å². The third-order valence-corrected chi connectivity index (χ3v) is 7.25. The quantitative estimate of drug-likeness (QED) is 0.133. The largest absolute Gasteiger partial charge is 0.459 e. The molecule has 0 spiro atoms. The number of anilines is 1. The molecule has 2 aromatic carbocycles. The van der Waals surface area contributed by atoms with E-state index in [0.29, 0.717) is 15.3 Å². The Morgan fingerprint density at radius 3 is 2.74 bits per heavy atom. The standard InChI is InChI=1S/C25H18ClFN6O5S/c26-15-8-4-7-14(9-15)24(36)37-11-25(32-33-28)21(34)17(27)19(38-25)16-10-39-20-18(16)29-12-30-22(20)31-23(35)13-5-2-1-3-6-13/h1-10,12,17,19,21,34H,11H2,(H,29,30,31,35)/t17-,19-,21-,25+/m0/s1. The minimum atomic E-state index is -2.25. The van der Waals surface area contributed by atoms with Crippen LogP contribution in [0.5, 0.6) is 0 Å². The summed E-state index contributed by atoms with van der Waals surface area (Å²) in [5.41, 5.74) is 7.91. The van der Waals surface area contributed by atoms with Crippen molar-refractivity contribution in [2.75, 3.05) is 11.9 Å². The van der Waals surface area contributed by atoms with E-state index in [2.05, 4.69) is 25.3 Å². The summed E-state index contributed by atoms with van der Waals surface area (Å²) < 4.78 is 26.9. The highest BCUT2D eigenvalue weighted by atomic mass is 35.5. The van der Waals surface area contributed by atoms with Crippen LogP contribution in [-0.2, 0) is 9.47 Å². The zero-order valence-electron chi connectivity index (χ0n) is 19.8. The molecule has 1 amide bonds. The first-order chi connectivity index (χ1) is 18.8. The third-order valence-electron chi connectivity index (χ3n) is 6.02. The number of azide groups is 1. The van der Waals surface area contributed by atoms with E-state index in [4.69, 9.17) is 26.6 Å². The van der Waals surface area contributed by atoms with Gasteiger partial charge in [-0.2, -0.15) is 0 Å². The normalized spacial score (nSPS) is 22.3. The summed E-state index contributed by atoms with van der Waals surface area (Å²) in [5.74, 6) is -1.03. The van der Waals surface area contributed by atoms with Gasteiger partial charge in [0.05, 0.1) is 15.8 Å². The Labute approximate surface area is 228 Å². The lowest BCUT2D eigenvalue weighted by atomic mass is 10.0. The maximum absolute atomic E-state index is 15.5. The van der Waals surface area contributed by atoms with Crippen molar-refractivity contribution in [3.05, 3.63) is 98.5 Å². The van der Waals surface area contributed by atoms with Crippen LogP contribution in [0, 0.1) is 0 Å². The first kappa shape index (κ1) is 26.5. The highest BCUT2D eigenvalue weighted by Gasteiger charge is 2.57. The Morgan fingerprint density at radius 1 is 1.23 bits per heavy atom. The number of thiophene rings is 1. The predicted octanol–water partition coefficient (Wildman–Crippen LogP) is 5.23. The number of fused-ring (bicyclic) bond motifs is 1.